The van der Waals surface area contributed by atoms with Gasteiger partial charge in [0.2, 0.25) is 0 Å². The van der Waals surface area contributed by atoms with Gasteiger partial charge in [0.15, 0.2) is 0 Å². The summed E-state index contributed by atoms with van der Waals surface area (Å²) in [5.41, 5.74) is 1.54. The average molecular weight is 139 g/mol. The van der Waals surface area contributed by atoms with Crippen molar-refractivity contribution in [2.45, 2.75) is 33.2 Å². The molecule has 1 nitrogen and oxygen atoms in total. The second-order valence-corrected chi connectivity index (χ2v) is 3.24. The summed E-state index contributed by atoms with van der Waals surface area (Å²) in [5.74, 6) is 0.736. The Kier molecular flexibility index (Phi) is 2.50. The molecule has 0 aromatic heterocycles. The van der Waals surface area contributed by atoms with Crippen LogP contribution in [0, 0.1) is 5.92 Å². The molecule has 1 N–H and O–H groups in total. The maximum atomic E-state index is 3.47. The predicted octanol–water partition coefficient (Wildman–Crippen LogP) is 1.95. The minimum atomic E-state index is 0.713. The molecule has 0 saturated carbocycles. The molecule has 0 aromatic rings. The lowest BCUT2D eigenvalue weighted by Crippen LogP contribution is -2.31. The summed E-state index contributed by atoms with van der Waals surface area (Å²) in [7, 11) is 0. The molecule has 2 atom stereocenters. The molecule has 1 aliphatic carbocycles. The molecular weight excluding hydrogens is 122 g/mol. The van der Waals surface area contributed by atoms with E-state index in [4.69, 9.17) is 0 Å². The molecule has 0 amide bonds. The molecule has 0 radical (unpaired) electrons. The summed E-state index contributed by atoms with van der Waals surface area (Å²) in [5, 5.41) is 3.47. The molecule has 0 heterocycles. The SMILES string of the molecule is CCNC1CC(C)=CC1C. The first-order valence-electron chi connectivity index (χ1n) is 4.14. The van der Waals surface area contributed by atoms with Crippen LogP contribution in [-0.4, -0.2) is 12.6 Å². The van der Waals surface area contributed by atoms with E-state index < -0.39 is 0 Å². The largest absolute Gasteiger partial charge is 0.313 e. The van der Waals surface area contributed by atoms with Crippen molar-refractivity contribution in [3.63, 3.8) is 0 Å². The Morgan fingerprint density at radius 2 is 2.40 bits per heavy atom. The van der Waals surface area contributed by atoms with Gasteiger partial charge >= 0.3 is 0 Å². The van der Waals surface area contributed by atoms with Crippen LogP contribution in [0.5, 0.6) is 0 Å². The van der Waals surface area contributed by atoms with E-state index in [1.807, 2.05) is 0 Å². The summed E-state index contributed by atoms with van der Waals surface area (Å²) in [6.07, 6.45) is 3.61. The second-order valence-electron chi connectivity index (χ2n) is 3.24. The summed E-state index contributed by atoms with van der Waals surface area (Å²) in [4.78, 5) is 0. The molecule has 58 valence electrons. The van der Waals surface area contributed by atoms with Gasteiger partial charge in [0.05, 0.1) is 0 Å². The highest BCUT2D eigenvalue weighted by atomic mass is 14.9. The van der Waals surface area contributed by atoms with E-state index in [0.29, 0.717) is 6.04 Å². The normalized spacial score (nSPS) is 32.5. The van der Waals surface area contributed by atoms with E-state index in [1.54, 1.807) is 5.57 Å². The van der Waals surface area contributed by atoms with E-state index in [-0.39, 0.29) is 0 Å². The van der Waals surface area contributed by atoms with Gasteiger partial charge in [-0.15, -0.1) is 0 Å². The molecule has 0 aliphatic heterocycles. The quantitative estimate of drug-likeness (QED) is 0.577. The van der Waals surface area contributed by atoms with Gasteiger partial charge in [-0.05, 0) is 25.8 Å². The van der Waals surface area contributed by atoms with Crippen molar-refractivity contribution < 1.29 is 0 Å². The highest BCUT2D eigenvalue weighted by Crippen LogP contribution is 2.23. The molecule has 0 spiro atoms. The summed E-state index contributed by atoms with van der Waals surface area (Å²) in [6, 6.07) is 0.713. The van der Waals surface area contributed by atoms with Crippen LogP contribution in [0.25, 0.3) is 0 Å². The Bertz CT molecular complexity index is 138. The lowest BCUT2D eigenvalue weighted by molar-refractivity contribution is 0.464. The van der Waals surface area contributed by atoms with Crippen LogP contribution in [-0.2, 0) is 0 Å². The van der Waals surface area contributed by atoms with Crippen molar-refractivity contribution in [1.82, 2.24) is 5.32 Å². The highest BCUT2D eigenvalue weighted by molar-refractivity contribution is 5.12. The summed E-state index contributed by atoms with van der Waals surface area (Å²) < 4.78 is 0. The highest BCUT2D eigenvalue weighted by Gasteiger charge is 2.20. The Balaban J connectivity index is 2.39. The topological polar surface area (TPSA) is 12.0 Å². The third kappa shape index (κ3) is 1.60. The van der Waals surface area contributed by atoms with E-state index in [1.165, 1.54) is 6.42 Å². The number of rotatable bonds is 2. The zero-order valence-electron chi connectivity index (χ0n) is 7.15. The smallest absolute Gasteiger partial charge is 0.0164 e. The Hall–Kier alpha value is -0.300. The van der Waals surface area contributed by atoms with Crippen molar-refractivity contribution in [3.05, 3.63) is 11.6 Å². The zero-order valence-corrected chi connectivity index (χ0v) is 7.15. The number of hydrogen-bond donors (Lipinski definition) is 1. The maximum absolute atomic E-state index is 3.47. The lowest BCUT2D eigenvalue weighted by atomic mass is 10.1. The van der Waals surface area contributed by atoms with Crippen molar-refractivity contribution >= 4 is 0 Å². The average Bonchev–Trinajstić information content (AvgIpc) is 2.13. The van der Waals surface area contributed by atoms with Crippen LogP contribution in [0.1, 0.15) is 27.2 Å². The zero-order chi connectivity index (χ0) is 7.56. The molecule has 0 fully saturated rings. The van der Waals surface area contributed by atoms with Gasteiger partial charge in [-0.3, -0.25) is 0 Å². The van der Waals surface area contributed by atoms with E-state index in [2.05, 4.69) is 32.2 Å². The summed E-state index contributed by atoms with van der Waals surface area (Å²) >= 11 is 0. The van der Waals surface area contributed by atoms with Gasteiger partial charge in [0.25, 0.3) is 0 Å². The number of hydrogen-bond acceptors (Lipinski definition) is 1. The molecular formula is C9H17N. The third-order valence-corrected chi connectivity index (χ3v) is 2.19. The monoisotopic (exact) mass is 139 g/mol. The minimum Gasteiger partial charge on any atom is -0.313 e. The first kappa shape index (κ1) is 7.80. The molecule has 0 saturated heterocycles. The fraction of sp³-hybridized carbons (Fsp3) is 0.778. The predicted molar refractivity (Wildman–Crippen MR) is 45.0 cm³/mol. The third-order valence-electron chi connectivity index (χ3n) is 2.19. The molecule has 10 heavy (non-hydrogen) atoms. The van der Waals surface area contributed by atoms with Gasteiger partial charge in [-0.1, -0.05) is 25.5 Å². The van der Waals surface area contributed by atoms with Gasteiger partial charge in [-0.25, -0.2) is 0 Å². The minimum absolute atomic E-state index is 0.713. The van der Waals surface area contributed by atoms with E-state index >= 15 is 0 Å². The van der Waals surface area contributed by atoms with Crippen LogP contribution < -0.4 is 5.32 Å². The molecule has 1 rings (SSSR count). The molecule has 0 bridgehead atoms. The summed E-state index contributed by atoms with van der Waals surface area (Å²) in [6.45, 7) is 7.76. The van der Waals surface area contributed by atoms with Gasteiger partial charge < -0.3 is 5.32 Å². The number of nitrogens with one attached hydrogen (secondary N) is 1. The molecule has 2 unspecified atom stereocenters. The first-order valence-corrected chi connectivity index (χ1v) is 4.14. The van der Waals surface area contributed by atoms with E-state index in [9.17, 15) is 0 Å². The standard InChI is InChI=1S/C9H17N/c1-4-10-9-6-7(2)5-8(9)3/h5,8-10H,4,6H2,1-3H3. The van der Waals surface area contributed by atoms with Crippen molar-refractivity contribution in [2.75, 3.05) is 6.54 Å². The van der Waals surface area contributed by atoms with E-state index in [0.717, 1.165) is 12.5 Å². The van der Waals surface area contributed by atoms with Crippen LogP contribution in [0.15, 0.2) is 11.6 Å². The fourth-order valence-corrected chi connectivity index (χ4v) is 1.69. The second kappa shape index (κ2) is 3.20. The molecule has 0 aromatic carbocycles. The Morgan fingerprint density at radius 1 is 1.70 bits per heavy atom. The fourth-order valence-electron chi connectivity index (χ4n) is 1.69. The van der Waals surface area contributed by atoms with Gasteiger partial charge in [-0.2, -0.15) is 0 Å². The Labute approximate surface area is 63.5 Å². The van der Waals surface area contributed by atoms with Crippen LogP contribution >= 0.6 is 0 Å². The Morgan fingerprint density at radius 3 is 2.80 bits per heavy atom. The van der Waals surface area contributed by atoms with Crippen molar-refractivity contribution in [2.24, 2.45) is 5.92 Å². The first-order chi connectivity index (χ1) is 4.74. The maximum Gasteiger partial charge on any atom is 0.0164 e. The van der Waals surface area contributed by atoms with Gasteiger partial charge in [0.1, 0.15) is 0 Å². The molecule has 1 aliphatic rings. The lowest BCUT2D eigenvalue weighted by Gasteiger charge is -2.15. The van der Waals surface area contributed by atoms with Crippen molar-refractivity contribution in [3.8, 4) is 0 Å². The van der Waals surface area contributed by atoms with Crippen LogP contribution in [0.2, 0.25) is 0 Å². The van der Waals surface area contributed by atoms with Crippen molar-refractivity contribution in [1.29, 1.82) is 0 Å². The van der Waals surface area contributed by atoms with Crippen LogP contribution in [0.3, 0.4) is 0 Å². The van der Waals surface area contributed by atoms with Crippen LogP contribution in [0.4, 0.5) is 0 Å². The van der Waals surface area contributed by atoms with Gasteiger partial charge in [0, 0.05) is 6.04 Å². The molecule has 1 heteroatoms.